The normalized spacial score (nSPS) is 29.0. The van der Waals surface area contributed by atoms with Gasteiger partial charge in [-0.25, -0.2) is 13.2 Å². The quantitative estimate of drug-likeness (QED) is 0.267. The van der Waals surface area contributed by atoms with Gasteiger partial charge in [0.25, 0.3) is 0 Å². The highest BCUT2D eigenvalue weighted by Gasteiger charge is 2.59. The molecule has 4 aromatic rings. The third-order valence-electron chi connectivity index (χ3n) is 12.4. The maximum atomic E-state index is 17.4. The van der Waals surface area contributed by atoms with E-state index in [0.717, 1.165) is 30.7 Å². The van der Waals surface area contributed by atoms with Crippen LogP contribution in [0.1, 0.15) is 31.2 Å². The van der Waals surface area contributed by atoms with Gasteiger partial charge in [-0.05, 0) is 49.3 Å². The lowest BCUT2D eigenvalue weighted by Gasteiger charge is -2.32. The van der Waals surface area contributed by atoms with Crippen molar-refractivity contribution in [2.45, 2.75) is 43.4 Å². The van der Waals surface area contributed by atoms with Gasteiger partial charge in [0.2, 0.25) is 5.91 Å². The van der Waals surface area contributed by atoms with Gasteiger partial charge in [0, 0.05) is 49.0 Å². The molecule has 1 aliphatic carbocycles. The second-order valence-corrected chi connectivity index (χ2v) is 16.6. The van der Waals surface area contributed by atoms with E-state index in [1.807, 2.05) is 15.9 Å². The van der Waals surface area contributed by atoms with Crippen molar-refractivity contribution < 1.29 is 32.2 Å². The Kier molecular flexibility index (Phi) is 7.71. The number of nitrogens with zero attached hydrogens (tertiary/aromatic N) is 6. The fraction of sp³-hybridized carbons (Fsp3) is 0.514. The first-order valence-corrected chi connectivity index (χ1v) is 19.3. The van der Waals surface area contributed by atoms with Crippen molar-refractivity contribution in [1.29, 1.82) is 5.26 Å². The Morgan fingerprint density at radius 1 is 1.17 bits per heavy atom. The van der Waals surface area contributed by atoms with Crippen LogP contribution >= 0.6 is 22.9 Å². The van der Waals surface area contributed by atoms with Crippen LogP contribution < -0.4 is 20.1 Å². The number of alkyl halides is 1. The molecular weight excluding hydrogens is 731 g/mol. The number of halogens is 4. The van der Waals surface area contributed by atoms with E-state index in [0.29, 0.717) is 69.9 Å². The van der Waals surface area contributed by atoms with Gasteiger partial charge in [-0.1, -0.05) is 17.7 Å². The minimum absolute atomic E-state index is 0.000126. The zero-order valence-corrected chi connectivity index (χ0v) is 30.1. The third-order valence-corrected chi connectivity index (χ3v) is 13.8. The first kappa shape index (κ1) is 33.5. The number of ether oxygens (including phenoxy) is 3. The van der Waals surface area contributed by atoms with E-state index >= 15 is 8.78 Å². The summed E-state index contributed by atoms with van der Waals surface area (Å²) in [7, 11) is 0. The van der Waals surface area contributed by atoms with Crippen LogP contribution in [0.15, 0.2) is 12.1 Å². The Morgan fingerprint density at radius 3 is 2.81 bits per heavy atom. The Labute approximate surface area is 311 Å². The summed E-state index contributed by atoms with van der Waals surface area (Å²) in [6.45, 7) is 4.03. The van der Waals surface area contributed by atoms with Crippen molar-refractivity contribution in [2.75, 3.05) is 69.8 Å². The van der Waals surface area contributed by atoms with Crippen LogP contribution in [0.2, 0.25) is 5.02 Å². The summed E-state index contributed by atoms with van der Waals surface area (Å²) < 4.78 is 65.4. The van der Waals surface area contributed by atoms with Gasteiger partial charge >= 0.3 is 6.01 Å². The van der Waals surface area contributed by atoms with Crippen LogP contribution in [0.5, 0.6) is 11.8 Å². The molecule has 5 atom stereocenters. The molecule has 1 saturated carbocycles. The molecule has 10 rings (SSSR count). The smallest absolute Gasteiger partial charge is 0.319 e. The molecule has 2 aromatic heterocycles. The largest absolute Gasteiger partial charge is 0.489 e. The zero-order chi connectivity index (χ0) is 36.3. The summed E-state index contributed by atoms with van der Waals surface area (Å²) in [5, 5.41) is 10.4. The fourth-order valence-electron chi connectivity index (χ4n) is 9.76. The summed E-state index contributed by atoms with van der Waals surface area (Å²) in [5.41, 5.74) is 5.56. The fourth-order valence-corrected chi connectivity index (χ4v) is 11.0. The molecule has 4 saturated heterocycles. The Hall–Kier alpha value is -4.10. The topological polar surface area (TPSA) is 130 Å². The van der Waals surface area contributed by atoms with Gasteiger partial charge in [0.05, 0.1) is 46.0 Å². The standard InChI is InChI=1S/C37H35ClF3N7O4S/c38-28-26(19-2-3-23(40)32-24(19)20(11-42)33(43)53-32)29(41)30-27-31(28)51-9-8-48(18-4-7-46(13-18)35(49)25-21-14-50-15-22(21)25)34(27)45-36(44-30)52-16-37-5-1-6-47(37)12-17(39)10-37/h2-3,17-18,21-22,25H,1,4-10,12-16,43H2/t17-,18?,21?,22?,25?,37+/m1/s1. The SMILES string of the molecule is N#Cc1c(N)sc2c(F)ccc(-c3c(Cl)c4c5c(nc(OC[C@@]67CCCN6C[C@H](F)C7)nc5c3F)N(C3CCN(C(=O)C5C6COCC65)C3)CCO4)c12. The molecule has 1 amide bonds. The number of rotatable bonds is 6. The van der Waals surface area contributed by atoms with Gasteiger partial charge in [-0.3, -0.25) is 9.69 Å². The lowest BCUT2D eigenvalue weighted by molar-refractivity contribution is -0.133. The second-order valence-electron chi connectivity index (χ2n) is 15.2. The number of carbonyl (C=O) groups is 1. The van der Waals surface area contributed by atoms with Crippen molar-refractivity contribution in [1.82, 2.24) is 19.8 Å². The average Bonchev–Trinajstić information content (AvgIpc) is 3.73. The summed E-state index contributed by atoms with van der Waals surface area (Å²) in [5.74, 6) is -0.194. The van der Waals surface area contributed by atoms with E-state index in [-0.39, 0.29) is 90.5 Å². The molecule has 0 bridgehead atoms. The monoisotopic (exact) mass is 765 g/mol. The summed E-state index contributed by atoms with van der Waals surface area (Å²) in [4.78, 5) is 29.1. The predicted molar refractivity (Wildman–Crippen MR) is 192 cm³/mol. The molecule has 2 aromatic carbocycles. The lowest BCUT2D eigenvalue weighted by atomic mass is 9.95. The van der Waals surface area contributed by atoms with Crippen LogP contribution in [-0.2, 0) is 9.53 Å². The third kappa shape index (κ3) is 5.01. The van der Waals surface area contributed by atoms with Crippen LogP contribution in [0.25, 0.3) is 32.1 Å². The van der Waals surface area contributed by atoms with Gasteiger partial charge in [-0.2, -0.15) is 15.2 Å². The molecule has 5 aliphatic heterocycles. The Morgan fingerprint density at radius 2 is 2.00 bits per heavy atom. The number of nitrogen functional groups attached to an aromatic ring is 1. The molecule has 0 spiro atoms. The Balaban J connectivity index is 1.10. The number of nitriles is 1. The molecular formula is C37H35ClF3N7O4S. The molecule has 5 fully saturated rings. The van der Waals surface area contributed by atoms with E-state index in [9.17, 15) is 14.4 Å². The summed E-state index contributed by atoms with van der Waals surface area (Å²) in [6.07, 6.45) is 1.71. The number of likely N-dealkylation sites (tertiary alicyclic amines) is 1. The minimum Gasteiger partial charge on any atom is -0.489 e. The van der Waals surface area contributed by atoms with Gasteiger partial charge in [-0.15, -0.1) is 11.3 Å². The number of aromatic nitrogens is 2. The van der Waals surface area contributed by atoms with E-state index in [1.54, 1.807) is 0 Å². The number of hydrogen-bond donors (Lipinski definition) is 1. The van der Waals surface area contributed by atoms with Gasteiger partial charge < -0.3 is 29.7 Å². The highest BCUT2D eigenvalue weighted by Crippen LogP contribution is 2.53. The zero-order valence-electron chi connectivity index (χ0n) is 28.5. The van der Waals surface area contributed by atoms with Crippen molar-refractivity contribution in [3.8, 4) is 29.0 Å². The second kappa shape index (κ2) is 12.2. The highest BCUT2D eigenvalue weighted by molar-refractivity contribution is 7.23. The molecule has 3 unspecified atom stereocenters. The number of benzene rings is 2. The van der Waals surface area contributed by atoms with Crippen molar-refractivity contribution in [3.05, 3.63) is 34.4 Å². The first-order valence-electron chi connectivity index (χ1n) is 18.1. The number of carbonyl (C=O) groups excluding carboxylic acids is 1. The number of fused-ring (bicyclic) bond motifs is 3. The summed E-state index contributed by atoms with van der Waals surface area (Å²) >= 11 is 7.99. The first-order chi connectivity index (χ1) is 25.7. The van der Waals surface area contributed by atoms with Crippen LogP contribution in [0.4, 0.5) is 24.0 Å². The molecule has 11 nitrogen and oxygen atoms in total. The Bertz CT molecular complexity index is 2260. The van der Waals surface area contributed by atoms with Crippen LogP contribution in [-0.4, -0.2) is 103 Å². The number of anilines is 2. The van der Waals surface area contributed by atoms with E-state index < -0.39 is 23.3 Å². The molecule has 7 heterocycles. The maximum Gasteiger partial charge on any atom is 0.319 e. The van der Waals surface area contributed by atoms with Crippen molar-refractivity contribution in [3.63, 3.8) is 0 Å². The molecule has 0 radical (unpaired) electrons. The van der Waals surface area contributed by atoms with Gasteiger partial charge in [0.15, 0.2) is 11.6 Å². The number of amides is 1. The van der Waals surface area contributed by atoms with E-state index in [4.69, 9.17) is 36.5 Å². The molecule has 53 heavy (non-hydrogen) atoms. The van der Waals surface area contributed by atoms with Gasteiger partial charge in [0.1, 0.15) is 47.6 Å². The molecule has 16 heteroatoms. The number of nitrogens with two attached hydrogens (primary N) is 1. The minimum atomic E-state index is -0.966. The highest BCUT2D eigenvalue weighted by atomic mass is 35.5. The predicted octanol–water partition coefficient (Wildman–Crippen LogP) is 5.54. The average molecular weight is 766 g/mol. The van der Waals surface area contributed by atoms with Crippen LogP contribution in [0, 0.1) is 40.7 Å². The molecule has 2 N–H and O–H groups in total. The van der Waals surface area contributed by atoms with E-state index in [2.05, 4.69) is 9.88 Å². The van der Waals surface area contributed by atoms with E-state index in [1.165, 1.54) is 12.1 Å². The number of hydrogen-bond acceptors (Lipinski definition) is 11. The number of thiophene rings is 1. The molecule has 6 aliphatic rings. The lowest BCUT2D eigenvalue weighted by Crippen LogP contribution is -2.43. The maximum absolute atomic E-state index is 17.4. The van der Waals surface area contributed by atoms with Crippen molar-refractivity contribution >= 4 is 60.7 Å². The summed E-state index contributed by atoms with van der Waals surface area (Å²) in [6, 6.07) is 4.36. The van der Waals surface area contributed by atoms with Crippen molar-refractivity contribution in [2.24, 2.45) is 17.8 Å². The molecule has 276 valence electrons. The van der Waals surface area contributed by atoms with Crippen LogP contribution in [0.3, 0.4) is 0 Å².